The minimum absolute atomic E-state index is 0.0395. The summed E-state index contributed by atoms with van der Waals surface area (Å²) in [6.07, 6.45) is 4.76. The maximum Gasteiger partial charge on any atom is 0.264 e. The van der Waals surface area contributed by atoms with E-state index in [1.165, 1.54) is 66.6 Å². The van der Waals surface area contributed by atoms with Crippen LogP contribution in [0.5, 0.6) is 5.75 Å². The second-order valence-electron chi connectivity index (χ2n) is 11.8. The van der Waals surface area contributed by atoms with Crippen LogP contribution in [0, 0.1) is 11.6 Å². The Labute approximate surface area is 280 Å². The van der Waals surface area contributed by atoms with E-state index in [0.29, 0.717) is 5.75 Å². The van der Waals surface area contributed by atoms with Gasteiger partial charge in [-0.3, -0.25) is 13.9 Å². The minimum Gasteiger partial charge on any atom is -0.497 e. The number of ether oxygens (including phenoxy) is 1. The van der Waals surface area contributed by atoms with E-state index < -0.39 is 46.1 Å². The van der Waals surface area contributed by atoms with Crippen molar-refractivity contribution in [3.8, 4) is 5.75 Å². The average Bonchev–Trinajstić information content (AvgIpc) is 3.10. The summed E-state index contributed by atoms with van der Waals surface area (Å²) in [6, 6.07) is 24.4. The first kappa shape index (κ1) is 34.6. The fourth-order valence-corrected chi connectivity index (χ4v) is 7.33. The van der Waals surface area contributed by atoms with Gasteiger partial charge in [0.2, 0.25) is 11.8 Å². The molecule has 0 heterocycles. The first-order valence-corrected chi connectivity index (χ1v) is 17.4. The topological polar surface area (TPSA) is 96.0 Å². The van der Waals surface area contributed by atoms with Gasteiger partial charge in [-0.15, -0.1) is 0 Å². The molecule has 1 aliphatic carbocycles. The molecule has 11 heteroatoms. The molecule has 5 rings (SSSR count). The van der Waals surface area contributed by atoms with E-state index in [1.807, 2.05) is 30.3 Å². The summed E-state index contributed by atoms with van der Waals surface area (Å²) in [5, 5.41) is 3.12. The second-order valence-corrected chi connectivity index (χ2v) is 13.7. The molecule has 252 valence electrons. The van der Waals surface area contributed by atoms with Crippen molar-refractivity contribution in [1.29, 1.82) is 0 Å². The Bertz CT molecular complexity index is 1780. The molecule has 48 heavy (non-hydrogen) atoms. The van der Waals surface area contributed by atoms with Crippen LogP contribution in [0.3, 0.4) is 0 Å². The highest BCUT2D eigenvalue weighted by Gasteiger charge is 2.36. The molecule has 1 N–H and O–H groups in total. The third-order valence-corrected chi connectivity index (χ3v) is 10.4. The molecule has 0 bridgehead atoms. The Kier molecular flexibility index (Phi) is 11.4. The first-order chi connectivity index (χ1) is 23.2. The third-order valence-electron chi connectivity index (χ3n) is 8.56. The monoisotopic (exact) mass is 675 g/mol. The number of methoxy groups -OCH3 is 1. The van der Waals surface area contributed by atoms with Gasteiger partial charge in [0, 0.05) is 24.6 Å². The van der Waals surface area contributed by atoms with Gasteiger partial charge in [-0.25, -0.2) is 17.2 Å². The van der Waals surface area contributed by atoms with Crippen LogP contribution in [0.1, 0.15) is 43.2 Å². The zero-order valence-corrected chi connectivity index (χ0v) is 27.5. The van der Waals surface area contributed by atoms with Crippen LogP contribution in [-0.2, 0) is 32.6 Å². The van der Waals surface area contributed by atoms with Gasteiger partial charge in [0.05, 0.1) is 17.7 Å². The molecule has 0 aliphatic heterocycles. The molecule has 0 aromatic heterocycles. The quantitative estimate of drug-likeness (QED) is 0.181. The maximum absolute atomic E-state index is 15.1. The lowest BCUT2D eigenvalue weighted by molar-refractivity contribution is -0.140. The highest BCUT2D eigenvalue weighted by molar-refractivity contribution is 7.92. The van der Waals surface area contributed by atoms with E-state index in [2.05, 4.69) is 5.32 Å². The number of nitrogens with zero attached hydrogens (tertiary/aromatic N) is 2. The van der Waals surface area contributed by atoms with E-state index in [-0.39, 0.29) is 35.2 Å². The Balaban J connectivity index is 1.56. The van der Waals surface area contributed by atoms with Gasteiger partial charge in [-0.05, 0) is 73.0 Å². The SMILES string of the molecule is COc1ccc(S(=O)(=O)N(CC(=O)N(Cc2ccccc2F)[C@@H](Cc2ccccc2)C(=O)NC2CCCCC2)c2ccc(F)cc2)cc1. The van der Waals surface area contributed by atoms with Crippen molar-refractivity contribution in [2.75, 3.05) is 18.0 Å². The van der Waals surface area contributed by atoms with Crippen LogP contribution in [0.15, 0.2) is 108 Å². The van der Waals surface area contributed by atoms with Gasteiger partial charge in [0.15, 0.2) is 0 Å². The fourth-order valence-electron chi connectivity index (χ4n) is 5.92. The number of hydrogen-bond acceptors (Lipinski definition) is 5. The van der Waals surface area contributed by atoms with Crippen LogP contribution in [-0.4, -0.2) is 50.9 Å². The van der Waals surface area contributed by atoms with Gasteiger partial charge in [-0.2, -0.15) is 0 Å². The normalized spacial score (nSPS) is 14.1. The van der Waals surface area contributed by atoms with Crippen molar-refractivity contribution < 1.29 is 31.5 Å². The van der Waals surface area contributed by atoms with Crippen LogP contribution in [0.25, 0.3) is 0 Å². The molecule has 8 nitrogen and oxygen atoms in total. The number of anilines is 1. The third kappa shape index (κ3) is 8.57. The lowest BCUT2D eigenvalue weighted by Crippen LogP contribution is -2.55. The zero-order chi connectivity index (χ0) is 34.1. The van der Waals surface area contributed by atoms with Gasteiger partial charge < -0.3 is 15.0 Å². The first-order valence-electron chi connectivity index (χ1n) is 16.0. The molecular weight excluding hydrogens is 636 g/mol. The van der Waals surface area contributed by atoms with Crippen LogP contribution in [0.2, 0.25) is 0 Å². The van der Waals surface area contributed by atoms with E-state index in [9.17, 15) is 22.4 Å². The molecular formula is C37H39F2N3O5S. The summed E-state index contributed by atoms with van der Waals surface area (Å²) >= 11 is 0. The van der Waals surface area contributed by atoms with E-state index in [1.54, 1.807) is 6.07 Å². The van der Waals surface area contributed by atoms with Gasteiger partial charge in [-0.1, -0.05) is 67.8 Å². The van der Waals surface area contributed by atoms with E-state index >= 15 is 4.39 Å². The number of amides is 2. The summed E-state index contributed by atoms with van der Waals surface area (Å²) in [5.74, 6) is -1.86. The minimum atomic E-state index is -4.40. The van der Waals surface area contributed by atoms with Crippen LogP contribution in [0.4, 0.5) is 14.5 Å². The van der Waals surface area contributed by atoms with E-state index in [0.717, 1.165) is 54.1 Å². The lowest BCUT2D eigenvalue weighted by Gasteiger charge is -2.35. The molecule has 0 spiro atoms. The highest BCUT2D eigenvalue weighted by atomic mass is 32.2. The molecule has 4 aromatic rings. The maximum atomic E-state index is 15.1. The Hall–Kier alpha value is -4.77. The molecule has 1 atom stereocenters. The number of nitrogens with one attached hydrogen (secondary N) is 1. The number of halogens is 2. The summed E-state index contributed by atoms with van der Waals surface area (Å²) in [6.45, 7) is -1.03. The Morgan fingerprint density at radius 1 is 0.854 bits per heavy atom. The zero-order valence-electron chi connectivity index (χ0n) is 26.7. The number of hydrogen-bond donors (Lipinski definition) is 1. The molecule has 1 fully saturated rings. The van der Waals surface area contributed by atoms with Crippen molar-refractivity contribution in [3.05, 3.63) is 126 Å². The number of rotatable bonds is 13. The highest BCUT2D eigenvalue weighted by Crippen LogP contribution is 2.27. The lowest BCUT2D eigenvalue weighted by atomic mass is 9.94. The smallest absolute Gasteiger partial charge is 0.264 e. The largest absolute Gasteiger partial charge is 0.497 e. The number of carbonyl (C=O) groups is 2. The van der Waals surface area contributed by atoms with Crippen molar-refractivity contribution >= 4 is 27.5 Å². The van der Waals surface area contributed by atoms with Crippen molar-refractivity contribution in [1.82, 2.24) is 10.2 Å². The van der Waals surface area contributed by atoms with Crippen LogP contribution >= 0.6 is 0 Å². The standard InChI is InChI=1S/C37H39F2N3O5S/c1-47-32-20-22-33(23-21-32)48(45,46)42(31-18-16-29(38)17-19-31)26-36(43)41(25-28-12-8-9-15-34(28)39)35(24-27-10-4-2-5-11-27)37(44)40-30-13-6-3-7-14-30/h2,4-5,8-12,15-23,30,35H,3,6-7,13-14,24-26H2,1H3,(H,40,44)/t35-/m0/s1. The number of sulfonamides is 1. The summed E-state index contributed by atoms with van der Waals surface area (Å²) < 4.78 is 63.4. The second kappa shape index (κ2) is 15.9. The van der Waals surface area contributed by atoms with Gasteiger partial charge in [0.1, 0.15) is 30.0 Å². The number of carbonyl (C=O) groups excluding carboxylic acids is 2. The summed E-state index contributed by atoms with van der Waals surface area (Å²) in [5.41, 5.74) is 0.979. The average molecular weight is 676 g/mol. The molecule has 4 aromatic carbocycles. The van der Waals surface area contributed by atoms with Crippen molar-refractivity contribution in [2.24, 2.45) is 0 Å². The Morgan fingerprint density at radius 3 is 2.15 bits per heavy atom. The molecule has 0 radical (unpaired) electrons. The number of benzene rings is 4. The molecule has 2 amide bonds. The molecule has 1 aliphatic rings. The fraction of sp³-hybridized carbons (Fsp3) is 0.297. The predicted octanol–water partition coefficient (Wildman–Crippen LogP) is 6.26. The van der Waals surface area contributed by atoms with Crippen molar-refractivity contribution in [3.63, 3.8) is 0 Å². The Morgan fingerprint density at radius 2 is 1.50 bits per heavy atom. The predicted molar refractivity (Wildman–Crippen MR) is 180 cm³/mol. The summed E-state index contributed by atoms with van der Waals surface area (Å²) in [7, 11) is -2.94. The van der Waals surface area contributed by atoms with Crippen LogP contribution < -0.4 is 14.4 Å². The van der Waals surface area contributed by atoms with Gasteiger partial charge in [0.25, 0.3) is 10.0 Å². The van der Waals surface area contributed by atoms with E-state index in [4.69, 9.17) is 4.74 Å². The summed E-state index contributed by atoms with van der Waals surface area (Å²) in [4.78, 5) is 29.8. The molecule has 1 saturated carbocycles. The molecule has 0 saturated heterocycles. The molecule has 0 unspecified atom stereocenters. The van der Waals surface area contributed by atoms with Gasteiger partial charge >= 0.3 is 0 Å². The van der Waals surface area contributed by atoms with Crippen molar-refractivity contribution in [2.45, 2.75) is 62.0 Å².